The van der Waals surface area contributed by atoms with Crippen LogP contribution in [0.3, 0.4) is 0 Å². The van der Waals surface area contributed by atoms with Crippen molar-refractivity contribution in [1.29, 1.82) is 0 Å². The van der Waals surface area contributed by atoms with Gasteiger partial charge in [-0.2, -0.15) is 0 Å². The second-order valence-electron chi connectivity index (χ2n) is 4.58. The van der Waals surface area contributed by atoms with Crippen LogP contribution < -0.4 is 5.32 Å². The van der Waals surface area contributed by atoms with Crippen molar-refractivity contribution >= 4 is 0 Å². The fraction of sp³-hybridized carbons (Fsp3) is 0.833. The van der Waals surface area contributed by atoms with E-state index in [0.717, 1.165) is 24.4 Å². The Morgan fingerprint density at radius 1 is 1.62 bits per heavy atom. The molecule has 13 heavy (non-hydrogen) atoms. The first-order valence-electron chi connectivity index (χ1n) is 5.75. The minimum absolute atomic E-state index is 0.725. The second-order valence-corrected chi connectivity index (χ2v) is 4.58. The van der Waals surface area contributed by atoms with E-state index < -0.39 is 0 Å². The van der Waals surface area contributed by atoms with Gasteiger partial charge in [0.05, 0.1) is 0 Å². The quantitative estimate of drug-likeness (QED) is 0.654. The van der Waals surface area contributed by atoms with Crippen LogP contribution in [0.1, 0.15) is 39.5 Å². The van der Waals surface area contributed by atoms with Gasteiger partial charge in [-0.15, -0.1) is 0 Å². The van der Waals surface area contributed by atoms with Crippen molar-refractivity contribution in [3.63, 3.8) is 0 Å². The second kappa shape index (κ2) is 3.83. The summed E-state index contributed by atoms with van der Waals surface area (Å²) in [7, 11) is 0. The Bertz CT molecular complexity index is 207. The summed E-state index contributed by atoms with van der Waals surface area (Å²) in [6.07, 6.45) is 7.96. The molecule has 2 rings (SSSR count). The summed E-state index contributed by atoms with van der Waals surface area (Å²) in [5.41, 5.74) is 1.70. The van der Waals surface area contributed by atoms with Crippen molar-refractivity contribution in [2.45, 2.75) is 45.6 Å². The lowest BCUT2D eigenvalue weighted by Crippen LogP contribution is -2.32. The van der Waals surface area contributed by atoms with Crippen LogP contribution in [0.25, 0.3) is 0 Å². The Hall–Kier alpha value is -0.300. The highest BCUT2D eigenvalue weighted by Crippen LogP contribution is 2.44. The van der Waals surface area contributed by atoms with Crippen molar-refractivity contribution < 1.29 is 0 Å². The van der Waals surface area contributed by atoms with Crippen LogP contribution in [0.4, 0.5) is 0 Å². The van der Waals surface area contributed by atoms with Gasteiger partial charge in [-0.1, -0.05) is 25.5 Å². The molecule has 2 aliphatic rings. The molecule has 3 atom stereocenters. The zero-order valence-corrected chi connectivity index (χ0v) is 8.84. The maximum Gasteiger partial charge on any atom is 0.0310 e. The molecule has 1 saturated carbocycles. The van der Waals surface area contributed by atoms with E-state index >= 15 is 0 Å². The number of likely N-dealkylation sites (N-methyl/N-ethyl adjacent to an activating group) is 1. The summed E-state index contributed by atoms with van der Waals surface area (Å²) in [5.74, 6) is 1.91. The number of allylic oxidation sites excluding steroid dienone is 1. The van der Waals surface area contributed by atoms with Gasteiger partial charge in [0.15, 0.2) is 0 Å². The van der Waals surface area contributed by atoms with E-state index in [1.165, 1.54) is 25.7 Å². The average molecular weight is 179 g/mol. The minimum atomic E-state index is 0.725. The van der Waals surface area contributed by atoms with E-state index in [2.05, 4.69) is 25.2 Å². The maximum atomic E-state index is 3.65. The van der Waals surface area contributed by atoms with Gasteiger partial charge in [-0.3, -0.25) is 0 Å². The molecule has 1 nitrogen and oxygen atoms in total. The van der Waals surface area contributed by atoms with Gasteiger partial charge >= 0.3 is 0 Å². The topological polar surface area (TPSA) is 12.0 Å². The van der Waals surface area contributed by atoms with Gasteiger partial charge < -0.3 is 5.32 Å². The van der Waals surface area contributed by atoms with Crippen LogP contribution in [-0.2, 0) is 0 Å². The fourth-order valence-corrected chi connectivity index (χ4v) is 2.57. The maximum absolute atomic E-state index is 3.65. The van der Waals surface area contributed by atoms with E-state index in [4.69, 9.17) is 0 Å². The van der Waals surface area contributed by atoms with Gasteiger partial charge in [0.2, 0.25) is 0 Å². The zero-order chi connectivity index (χ0) is 9.26. The lowest BCUT2D eigenvalue weighted by Gasteiger charge is -2.19. The normalized spacial score (nSPS) is 34.5. The number of rotatable bonds is 4. The number of hydrogen-bond donors (Lipinski definition) is 1. The van der Waals surface area contributed by atoms with Crippen LogP contribution in [0.2, 0.25) is 0 Å². The zero-order valence-electron chi connectivity index (χ0n) is 8.84. The van der Waals surface area contributed by atoms with Gasteiger partial charge in [-0.25, -0.2) is 0 Å². The van der Waals surface area contributed by atoms with Crippen molar-refractivity contribution in [2.24, 2.45) is 11.8 Å². The molecule has 74 valence electrons. The smallest absolute Gasteiger partial charge is 0.0310 e. The van der Waals surface area contributed by atoms with Crippen LogP contribution in [0.15, 0.2) is 11.6 Å². The summed E-state index contributed by atoms with van der Waals surface area (Å²) in [5, 5.41) is 3.65. The largest absolute Gasteiger partial charge is 0.310 e. The summed E-state index contributed by atoms with van der Waals surface area (Å²) in [6.45, 7) is 5.71. The Morgan fingerprint density at radius 3 is 2.85 bits per heavy atom. The Kier molecular flexibility index (Phi) is 2.73. The van der Waals surface area contributed by atoms with Crippen molar-refractivity contribution in [2.75, 3.05) is 6.54 Å². The molecule has 1 heteroatoms. The first-order chi connectivity index (χ1) is 6.33. The molecule has 0 saturated heterocycles. The lowest BCUT2D eigenvalue weighted by molar-refractivity contribution is 0.503. The highest BCUT2D eigenvalue weighted by Gasteiger charge is 2.40. The van der Waals surface area contributed by atoms with Crippen molar-refractivity contribution in [1.82, 2.24) is 5.32 Å². The third kappa shape index (κ3) is 1.96. The van der Waals surface area contributed by atoms with Gasteiger partial charge in [0.1, 0.15) is 0 Å². The molecule has 0 aliphatic heterocycles. The molecule has 0 aromatic heterocycles. The highest BCUT2D eigenvalue weighted by molar-refractivity contribution is 5.19. The molecule has 0 aromatic rings. The molecular weight excluding hydrogens is 158 g/mol. The molecule has 3 unspecified atom stereocenters. The minimum Gasteiger partial charge on any atom is -0.310 e. The van der Waals surface area contributed by atoms with Crippen LogP contribution >= 0.6 is 0 Å². The SMILES string of the molecule is CCNC(C1=CCCC1)C1CC1C. The molecule has 0 radical (unpaired) electrons. The Morgan fingerprint density at radius 2 is 2.38 bits per heavy atom. The molecule has 0 aromatic carbocycles. The molecule has 0 amide bonds. The summed E-state index contributed by atoms with van der Waals surface area (Å²) in [6, 6.07) is 0.725. The standard InChI is InChI=1S/C12H21N/c1-3-13-12(11-8-9(11)2)10-6-4-5-7-10/h6,9,11-13H,3-5,7-8H2,1-2H3. The van der Waals surface area contributed by atoms with E-state index in [1.54, 1.807) is 5.57 Å². The highest BCUT2D eigenvalue weighted by atomic mass is 14.9. The first kappa shape index (κ1) is 9.26. The lowest BCUT2D eigenvalue weighted by atomic mass is 10.0. The van der Waals surface area contributed by atoms with Gasteiger partial charge in [0, 0.05) is 6.04 Å². The summed E-state index contributed by atoms with van der Waals surface area (Å²) >= 11 is 0. The van der Waals surface area contributed by atoms with Crippen LogP contribution in [0.5, 0.6) is 0 Å². The van der Waals surface area contributed by atoms with E-state index in [-0.39, 0.29) is 0 Å². The Balaban J connectivity index is 1.96. The molecule has 0 bridgehead atoms. The van der Waals surface area contributed by atoms with E-state index in [0.29, 0.717) is 0 Å². The van der Waals surface area contributed by atoms with E-state index in [1.807, 2.05) is 0 Å². The van der Waals surface area contributed by atoms with Gasteiger partial charge in [0.25, 0.3) is 0 Å². The Labute approximate surface area is 81.6 Å². The van der Waals surface area contributed by atoms with Crippen molar-refractivity contribution in [3.05, 3.63) is 11.6 Å². The molecule has 1 N–H and O–H groups in total. The van der Waals surface area contributed by atoms with E-state index in [9.17, 15) is 0 Å². The predicted molar refractivity (Wildman–Crippen MR) is 56.7 cm³/mol. The molecule has 0 spiro atoms. The number of nitrogens with one attached hydrogen (secondary N) is 1. The first-order valence-corrected chi connectivity index (χ1v) is 5.75. The average Bonchev–Trinajstić information content (AvgIpc) is 2.69. The van der Waals surface area contributed by atoms with Crippen LogP contribution in [0, 0.1) is 11.8 Å². The monoisotopic (exact) mass is 179 g/mol. The third-order valence-corrected chi connectivity index (χ3v) is 3.50. The van der Waals surface area contributed by atoms with Crippen molar-refractivity contribution in [3.8, 4) is 0 Å². The molecule has 1 fully saturated rings. The molecule has 0 heterocycles. The van der Waals surface area contributed by atoms with Crippen LogP contribution in [-0.4, -0.2) is 12.6 Å². The predicted octanol–water partition coefficient (Wildman–Crippen LogP) is 2.73. The summed E-state index contributed by atoms with van der Waals surface area (Å²) in [4.78, 5) is 0. The third-order valence-electron chi connectivity index (χ3n) is 3.50. The molecule has 2 aliphatic carbocycles. The molecular formula is C12H21N. The fourth-order valence-electron chi connectivity index (χ4n) is 2.57. The summed E-state index contributed by atoms with van der Waals surface area (Å²) < 4.78 is 0. The van der Waals surface area contributed by atoms with Gasteiger partial charge in [-0.05, 0) is 44.1 Å². The number of hydrogen-bond acceptors (Lipinski definition) is 1.